The zero-order valence-corrected chi connectivity index (χ0v) is 8.43. The minimum absolute atomic E-state index is 0.871. The topological polar surface area (TPSA) is 0 Å². The van der Waals surface area contributed by atoms with Gasteiger partial charge < -0.3 is 4.48 Å². The van der Waals surface area contributed by atoms with Crippen molar-refractivity contribution in [3.8, 4) is 0 Å². The summed E-state index contributed by atoms with van der Waals surface area (Å²) in [5.74, 6) is 0.871. The number of likely N-dealkylation sites (tertiary alicyclic amines) is 1. The van der Waals surface area contributed by atoms with E-state index in [0.29, 0.717) is 0 Å². The molecule has 0 bridgehead atoms. The van der Waals surface area contributed by atoms with Crippen LogP contribution < -0.4 is 0 Å². The zero-order chi connectivity index (χ0) is 8.48. The quantitative estimate of drug-likeness (QED) is 0.538. The van der Waals surface area contributed by atoms with Crippen LogP contribution in [-0.2, 0) is 0 Å². The Morgan fingerprint density at radius 3 is 2.36 bits per heavy atom. The summed E-state index contributed by atoms with van der Waals surface area (Å²) in [6.07, 6.45) is 4.29. The van der Waals surface area contributed by atoms with Crippen LogP contribution >= 0.6 is 0 Å². The van der Waals surface area contributed by atoms with Crippen LogP contribution in [0.15, 0.2) is 0 Å². The van der Waals surface area contributed by atoms with E-state index in [-0.39, 0.29) is 0 Å². The molecule has 1 saturated heterocycles. The molecule has 1 aliphatic rings. The van der Waals surface area contributed by atoms with Crippen LogP contribution in [0.2, 0.25) is 0 Å². The van der Waals surface area contributed by atoms with Crippen molar-refractivity contribution in [2.24, 2.45) is 5.92 Å². The summed E-state index contributed by atoms with van der Waals surface area (Å²) >= 11 is 0. The smallest absolute Gasteiger partial charge is 0.0890 e. The van der Waals surface area contributed by atoms with Crippen LogP contribution in [0.4, 0.5) is 0 Å². The van der Waals surface area contributed by atoms with Gasteiger partial charge in [0.25, 0.3) is 0 Å². The van der Waals surface area contributed by atoms with Crippen LogP contribution in [0.3, 0.4) is 0 Å². The van der Waals surface area contributed by atoms with Crippen molar-refractivity contribution in [1.29, 1.82) is 0 Å². The predicted octanol–water partition coefficient (Wildman–Crippen LogP) is 2.27. The summed E-state index contributed by atoms with van der Waals surface area (Å²) in [6, 6.07) is 0.940. The fourth-order valence-corrected chi connectivity index (χ4v) is 2.21. The molecule has 0 amide bonds. The van der Waals surface area contributed by atoms with Crippen LogP contribution in [0.1, 0.15) is 33.1 Å². The second kappa shape index (κ2) is 3.14. The first kappa shape index (κ1) is 9.05. The largest absolute Gasteiger partial charge is 0.326 e. The van der Waals surface area contributed by atoms with Crippen molar-refractivity contribution in [3.05, 3.63) is 0 Å². The van der Waals surface area contributed by atoms with E-state index >= 15 is 0 Å². The van der Waals surface area contributed by atoms with E-state index in [4.69, 9.17) is 0 Å². The van der Waals surface area contributed by atoms with Gasteiger partial charge in [-0.3, -0.25) is 0 Å². The van der Waals surface area contributed by atoms with Gasteiger partial charge in [-0.15, -0.1) is 0 Å². The Bertz CT molecular complexity index is 127. The van der Waals surface area contributed by atoms with Gasteiger partial charge >= 0.3 is 0 Å². The van der Waals surface area contributed by atoms with Crippen molar-refractivity contribution in [2.45, 2.75) is 39.2 Å². The SMILES string of the molecule is CC(C)CC1CCC[N+]1(C)C. The normalized spacial score (nSPS) is 29.7. The molecule has 1 aliphatic heterocycles. The maximum absolute atomic E-state index is 2.38. The lowest BCUT2D eigenvalue weighted by Gasteiger charge is -2.32. The molecule has 1 rings (SSSR count). The van der Waals surface area contributed by atoms with E-state index in [0.717, 1.165) is 12.0 Å². The molecular weight excluding hydrogens is 134 g/mol. The Kier molecular flexibility index (Phi) is 2.58. The highest BCUT2D eigenvalue weighted by molar-refractivity contribution is 4.67. The average Bonchev–Trinajstić information content (AvgIpc) is 2.10. The molecule has 0 radical (unpaired) electrons. The molecule has 0 aliphatic carbocycles. The number of hydrogen-bond donors (Lipinski definition) is 0. The van der Waals surface area contributed by atoms with Crippen molar-refractivity contribution >= 4 is 0 Å². The number of rotatable bonds is 2. The van der Waals surface area contributed by atoms with Gasteiger partial charge in [0.2, 0.25) is 0 Å². The summed E-state index contributed by atoms with van der Waals surface area (Å²) < 4.78 is 1.26. The second-order valence-corrected chi connectivity index (χ2v) is 4.93. The van der Waals surface area contributed by atoms with E-state index in [1.807, 2.05) is 0 Å². The average molecular weight is 156 g/mol. The molecule has 0 aromatic carbocycles. The fraction of sp³-hybridized carbons (Fsp3) is 1.00. The first-order valence-corrected chi connectivity index (χ1v) is 4.85. The van der Waals surface area contributed by atoms with E-state index in [1.54, 1.807) is 0 Å². The van der Waals surface area contributed by atoms with Gasteiger partial charge in [0.15, 0.2) is 0 Å². The summed E-state index contributed by atoms with van der Waals surface area (Å²) in [4.78, 5) is 0. The number of quaternary nitrogens is 1. The first-order valence-electron chi connectivity index (χ1n) is 4.85. The lowest BCUT2D eigenvalue weighted by Crippen LogP contribution is -2.44. The van der Waals surface area contributed by atoms with Gasteiger partial charge in [-0.2, -0.15) is 0 Å². The monoisotopic (exact) mass is 156 g/mol. The Labute approximate surface area is 71.0 Å². The standard InChI is InChI=1S/C10H22N/c1-9(2)8-10-6-5-7-11(10,3)4/h9-10H,5-8H2,1-4H3/q+1. The molecule has 0 aromatic rings. The molecule has 1 nitrogen and oxygen atoms in total. The van der Waals surface area contributed by atoms with Crippen molar-refractivity contribution in [3.63, 3.8) is 0 Å². The van der Waals surface area contributed by atoms with Gasteiger partial charge in [0.05, 0.1) is 26.7 Å². The second-order valence-electron chi connectivity index (χ2n) is 4.93. The third-order valence-electron chi connectivity index (χ3n) is 3.00. The zero-order valence-electron chi connectivity index (χ0n) is 8.43. The molecule has 0 spiro atoms. The molecule has 1 unspecified atom stereocenters. The van der Waals surface area contributed by atoms with Crippen LogP contribution in [0.5, 0.6) is 0 Å². The molecule has 0 aromatic heterocycles. The van der Waals surface area contributed by atoms with Gasteiger partial charge in [-0.25, -0.2) is 0 Å². The molecule has 11 heavy (non-hydrogen) atoms. The molecule has 1 atom stereocenters. The Morgan fingerprint density at radius 1 is 1.36 bits per heavy atom. The van der Waals surface area contributed by atoms with Crippen molar-refractivity contribution < 1.29 is 4.48 Å². The first-order chi connectivity index (χ1) is 5.02. The highest BCUT2D eigenvalue weighted by Crippen LogP contribution is 2.26. The van der Waals surface area contributed by atoms with Crippen LogP contribution in [0.25, 0.3) is 0 Å². The molecule has 1 fully saturated rings. The molecular formula is C10H22N+. The Morgan fingerprint density at radius 2 is 2.00 bits per heavy atom. The van der Waals surface area contributed by atoms with E-state index < -0.39 is 0 Å². The van der Waals surface area contributed by atoms with Gasteiger partial charge in [-0.05, 0) is 5.92 Å². The molecule has 66 valence electrons. The van der Waals surface area contributed by atoms with Crippen LogP contribution in [-0.4, -0.2) is 31.2 Å². The summed E-state index contributed by atoms with van der Waals surface area (Å²) in [7, 11) is 4.75. The minimum Gasteiger partial charge on any atom is -0.326 e. The van der Waals surface area contributed by atoms with Gasteiger partial charge in [0, 0.05) is 19.3 Å². The number of nitrogens with zero attached hydrogens (tertiary/aromatic N) is 1. The molecule has 0 saturated carbocycles. The van der Waals surface area contributed by atoms with Crippen molar-refractivity contribution in [1.82, 2.24) is 0 Å². The number of hydrogen-bond acceptors (Lipinski definition) is 0. The summed E-state index contributed by atoms with van der Waals surface area (Å²) in [6.45, 7) is 6.05. The summed E-state index contributed by atoms with van der Waals surface area (Å²) in [5, 5.41) is 0. The maximum atomic E-state index is 2.38. The van der Waals surface area contributed by atoms with Gasteiger partial charge in [0.1, 0.15) is 0 Å². The van der Waals surface area contributed by atoms with Gasteiger partial charge in [-0.1, -0.05) is 13.8 Å². The van der Waals surface area contributed by atoms with E-state index in [1.165, 1.54) is 30.3 Å². The van der Waals surface area contributed by atoms with E-state index in [9.17, 15) is 0 Å². The lowest BCUT2D eigenvalue weighted by atomic mass is 10.0. The highest BCUT2D eigenvalue weighted by atomic mass is 15.3. The maximum Gasteiger partial charge on any atom is 0.0890 e. The Balaban J connectivity index is 2.45. The summed E-state index contributed by atoms with van der Waals surface area (Å²) in [5.41, 5.74) is 0. The predicted molar refractivity (Wildman–Crippen MR) is 49.5 cm³/mol. The minimum atomic E-state index is 0.871. The van der Waals surface area contributed by atoms with E-state index in [2.05, 4.69) is 27.9 Å². The fourth-order valence-electron chi connectivity index (χ4n) is 2.21. The van der Waals surface area contributed by atoms with Crippen LogP contribution in [0, 0.1) is 5.92 Å². The molecule has 0 N–H and O–H groups in total. The molecule has 1 heteroatoms. The third kappa shape index (κ3) is 2.19. The molecule has 1 heterocycles. The highest BCUT2D eigenvalue weighted by Gasteiger charge is 2.33. The Hall–Kier alpha value is -0.0400. The third-order valence-corrected chi connectivity index (χ3v) is 3.00. The lowest BCUT2D eigenvalue weighted by molar-refractivity contribution is -0.902. The van der Waals surface area contributed by atoms with Crippen molar-refractivity contribution in [2.75, 3.05) is 20.6 Å².